The minimum absolute atomic E-state index is 0.240. The zero-order valence-corrected chi connectivity index (χ0v) is 12.3. The number of nitrogens with one attached hydrogen (secondary N) is 2. The molecule has 0 spiro atoms. The van der Waals surface area contributed by atoms with Gasteiger partial charge in [0.25, 0.3) is 0 Å². The van der Waals surface area contributed by atoms with Crippen molar-refractivity contribution in [1.29, 1.82) is 0 Å². The highest BCUT2D eigenvalue weighted by molar-refractivity contribution is 5.90. The van der Waals surface area contributed by atoms with E-state index < -0.39 is 11.4 Å². The number of aliphatic carboxylic acids is 1. The van der Waals surface area contributed by atoms with Crippen molar-refractivity contribution in [2.24, 2.45) is 5.41 Å². The van der Waals surface area contributed by atoms with Gasteiger partial charge in [-0.25, -0.2) is 4.79 Å². The molecule has 1 aromatic carbocycles. The number of carboxylic acid groups (broad SMARTS) is 1. The molecule has 1 atom stereocenters. The van der Waals surface area contributed by atoms with Gasteiger partial charge in [-0.15, -0.1) is 0 Å². The Morgan fingerprint density at radius 1 is 1.43 bits per heavy atom. The van der Waals surface area contributed by atoms with Crippen LogP contribution in [0.15, 0.2) is 24.3 Å². The number of nitrogens with zero attached hydrogens (tertiary/aromatic N) is 1. The van der Waals surface area contributed by atoms with Crippen LogP contribution in [0.2, 0.25) is 0 Å². The predicted octanol–water partition coefficient (Wildman–Crippen LogP) is 1.73. The van der Waals surface area contributed by atoms with Crippen molar-refractivity contribution in [2.45, 2.75) is 19.9 Å². The normalized spacial score (nSPS) is 21.3. The number of carbonyl (C=O) groups is 2. The third-order valence-corrected chi connectivity index (χ3v) is 3.84. The fraction of sp³-hybridized carbons (Fsp3) is 0.467. The summed E-state index contributed by atoms with van der Waals surface area (Å²) in [5.74, 6) is -0.853. The van der Waals surface area contributed by atoms with Crippen LogP contribution in [0.5, 0.6) is 0 Å². The Balaban J connectivity index is 1.99. The second-order valence-corrected chi connectivity index (χ2v) is 5.70. The number of benzene rings is 1. The molecule has 6 nitrogen and oxygen atoms in total. The van der Waals surface area contributed by atoms with Gasteiger partial charge in [0.15, 0.2) is 0 Å². The first-order chi connectivity index (χ1) is 9.94. The first-order valence-corrected chi connectivity index (χ1v) is 6.97. The van der Waals surface area contributed by atoms with Gasteiger partial charge in [-0.1, -0.05) is 12.1 Å². The molecule has 0 aliphatic carbocycles. The number of urea groups is 1. The summed E-state index contributed by atoms with van der Waals surface area (Å²) in [6.07, 6.45) is 0.482. The van der Waals surface area contributed by atoms with E-state index >= 15 is 0 Å². The summed E-state index contributed by atoms with van der Waals surface area (Å²) in [6, 6.07) is 7.34. The van der Waals surface area contributed by atoms with Crippen LogP contribution in [0.25, 0.3) is 0 Å². The highest BCUT2D eigenvalue weighted by Crippen LogP contribution is 2.30. The lowest BCUT2D eigenvalue weighted by Gasteiger charge is -2.20. The van der Waals surface area contributed by atoms with Gasteiger partial charge >= 0.3 is 12.0 Å². The third-order valence-electron chi connectivity index (χ3n) is 3.84. The SMILES string of the molecule is CNCc1cccc(NC(=O)N2CCC(C)(C(=O)O)C2)c1. The molecule has 0 bridgehead atoms. The lowest BCUT2D eigenvalue weighted by Crippen LogP contribution is -2.37. The van der Waals surface area contributed by atoms with Crippen LogP contribution in [-0.2, 0) is 11.3 Å². The zero-order valence-electron chi connectivity index (χ0n) is 12.3. The summed E-state index contributed by atoms with van der Waals surface area (Å²) in [5, 5.41) is 15.1. The summed E-state index contributed by atoms with van der Waals surface area (Å²) in [7, 11) is 1.86. The van der Waals surface area contributed by atoms with Crippen LogP contribution in [0, 0.1) is 5.41 Å². The number of hydrogen-bond donors (Lipinski definition) is 3. The number of rotatable bonds is 4. The summed E-state index contributed by atoms with van der Waals surface area (Å²) < 4.78 is 0. The standard InChI is InChI=1S/C15H21N3O3/c1-15(13(19)20)6-7-18(10-15)14(21)17-12-5-3-4-11(8-12)9-16-2/h3-5,8,16H,6-7,9-10H2,1-2H3,(H,17,21)(H,19,20). The van der Waals surface area contributed by atoms with Gasteiger partial charge < -0.3 is 20.6 Å². The molecular weight excluding hydrogens is 270 g/mol. The minimum atomic E-state index is -0.853. The topological polar surface area (TPSA) is 81.7 Å². The first kappa shape index (κ1) is 15.3. The second kappa shape index (κ2) is 6.13. The Kier molecular flexibility index (Phi) is 4.47. The van der Waals surface area contributed by atoms with Crippen molar-refractivity contribution in [2.75, 3.05) is 25.5 Å². The quantitative estimate of drug-likeness (QED) is 0.789. The van der Waals surface area contributed by atoms with Gasteiger partial charge in [0.05, 0.1) is 5.41 Å². The fourth-order valence-electron chi connectivity index (χ4n) is 2.47. The van der Waals surface area contributed by atoms with Crippen LogP contribution >= 0.6 is 0 Å². The molecule has 21 heavy (non-hydrogen) atoms. The number of anilines is 1. The predicted molar refractivity (Wildman–Crippen MR) is 80.2 cm³/mol. The molecule has 1 aliphatic heterocycles. The van der Waals surface area contributed by atoms with Gasteiger partial charge in [0.1, 0.15) is 0 Å². The van der Waals surface area contributed by atoms with Crippen molar-refractivity contribution < 1.29 is 14.7 Å². The molecule has 1 saturated heterocycles. The summed E-state index contributed by atoms with van der Waals surface area (Å²) in [6.45, 7) is 3.11. The number of amides is 2. The summed E-state index contributed by atoms with van der Waals surface area (Å²) in [4.78, 5) is 25.0. The van der Waals surface area contributed by atoms with E-state index in [0.29, 0.717) is 13.0 Å². The molecule has 1 fully saturated rings. The van der Waals surface area contributed by atoms with Crippen LogP contribution in [-0.4, -0.2) is 42.1 Å². The summed E-state index contributed by atoms with van der Waals surface area (Å²) >= 11 is 0. The van der Waals surface area contributed by atoms with E-state index in [-0.39, 0.29) is 12.6 Å². The highest BCUT2D eigenvalue weighted by Gasteiger charge is 2.42. The monoisotopic (exact) mass is 291 g/mol. The van der Waals surface area contributed by atoms with Crippen molar-refractivity contribution in [1.82, 2.24) is 10.2 Å². The molecular formula is C15H21N3O3. The summed E-state index contributed by atoms with van der Waals surface area (Å²) in [5.41, 5.74) is 0.953. The van der Waals surface area contributed by atoms with E-state index in [4.69, 9.17) is 0 Å². The largest absolute Gasteiger partial charge is 0.481 e. The van der Waals surface area contributed by atoms with E-state index in [1.165, 1.54) is 0 Å². The Labute approximate surface area is 124 Å². The molecule has 0 saturated carbocycles. The number of likely N-dealkylation sites (tertiary alicyclic amines) is 1. The first-order valence-electron chi connectivity index (χ1n) is 6.97. The maximum atomic E-state index is 12.2. The van der Waals surface area contributed by atoms with E-state index in [9.17, 15) is 14.7 Å². The Morgan fingerprint density at radius 3 is 2.81 bits per heavy atom. The van der Waals surface area contributed by atoms with Gasteiger partial charge in [0.2, 0.25) is 0 Å². The van der Waals surface area contributed by atoms with E-state index in [1.807, 2.05) is 31.3 Å². The number of hydrogen-bond acceptors (Lipinski definition) is 3. The van der Waals surface area contributed by atoms with E-state index in [2.05, 4.69) is 10.6 Å². The molecule has 3 N–H and O–H groups in total. The van der Waals surface area contributed by atoms with Gasteiger partial charge in [-0.2, -0.15) is 0 Å². The van der Waals surface area contributed by atoms with Crippen molar-refractivity contribution in [3.05, 3.63) is 29.8 Å². The van der Waals surface area contributed by atoms with Gasteiger partial charge in [0, 0.05) is 25.3 Å². The minimum Gasteiger partial charge on any atom is -0.481 e. The van der Waals surface area contributed by atoms with Crippen LogP contribution < -0.4 is 10.6 Å². The van der Waals surface area contributed by atoms with Gasteiger partial charge in [-0.05, 0) is 38.1 Å². The van der Waals surface area contributed by atoms with Crippen LogP contribution in [0.4, 0.5) is 10.5 Å². The Morgan fingerprint density at radius 2 is 2.19 bits per heavy atom. The van der Waals surface area contributed by atoms with Crippen LogP contribution in [0.3, 0.4) is 0 Å². The van der Waals surface area contributed by atoms with E-state index in [0.717, 1.165) is 17.8 Å². The maximum Gasteiger partial charge on any atom is 0.321 e. The average Bonchev–Trinajstić information content (AvgIpc) is 2.84. The molecule has 1 heterocycles. The number of carbonyl (C=O) groups excluding carboxylic acids is 1. The van der Waals surface area contributed by atoms with Crippen molar-refractivity contribution in [3.8, 4) is 0 Å². The smallest absolute Gasteiger partial charge is 0.321 e. The Bertz CT molecular complexity index is 547. The lowest BCUT2D eigenvalue weighted by atomic mass is 9.90. The molecule has 2 rings (SSSR count). The van der Waals surface area contributed by atoms with Crippen LogP contribution in [0.1, 0.15) is 18.9 Å². The third kappa shape index (κ3) is 3.52. The van der Waals surface area contributed by atoms with E-state index in [1.54, 1.807) is 11.8 Å². The number of carboxylic acids is 1. The van der Waals surface area contributed by atoms with Crippen molar-refractivity contribution in [3.63, 3.8) is 0 Å². The zero-order chi connectivity index (χ0) is 15.5. The molecule has 1 unspecified atom stereocenters. The van der Waals surface area contributed by atoms with Gasteiger partial charge in [-0.3, -0.25) is 4.79 Å². The molecule has 1 aromatic rings. The molecule has 0 aromatic heterocycles. The molecule has 0 radical (unpaired) electrons. The maximum absolute atomic E-state index is 12.2. The highest BCUT2D eigenvalue weighted by atomic mass is 16.4. The lowest BCUT2D eigenvalue weighted by molar-refractivity contribution is -0.146. The average molecular weight is 291 g/mol. The molecule has 6 heteroatoms. The molecule has 2 amide bonds. The second-order valence-electron chi connectivity index (χ2n) is 5.70. The fourth-order valence-corrected chi connectivity index (χ4v) is 2.47. The molecule has 1 aliphatic rings. The van der Waals surface area contributed by atoms with Crippen molar-refractivity contribution >= 4 is 17.7 Å². The molecule has 114 valence electrons. The Hall–Kier alpha value is -2.08.